The number of hydrogen-bond donors (Lipinski definition) is 3. The summed E-state index contributed by atoms with van der Waals surface area (Å²) in [5, 5.41) is 24.4. The quantitative estimate of drug-likeness (QED) is 0.610. The van der Waals surface area contributed by atoms with E-state index in [1.54, 1.807) is 0 Å². The van der Waals surface area contributed by atoms with Gasteiger partial charge in [-0.25, -0.2) is 0 Å². The van der Waals surface area contributed by atoms with E-state index in [9.17, 15) is 0 Å². The van der Waals surface area contributed by atoms with Gasteiger partial charge in [0.05, 0.1) is 19.2 Å². The van der Waals surface area contributed by atoms with E-state index in [4.69, 9.17) is 10.8 Å². The van der Waals surface area contributed by atoms with Crippen molar-refractivity contribution in [3.8, 4) is 0 Å². The third-order valence-corrected chi connectivity index (χ3v) is 2.65. The molecule has 19 heavy (non-hydrogen) atoms. The number of nitrogens with one attached hydrogen (secondary N) is 1. The second kappa shape index (κ2) is 6.93. The van der Waals surface area contributed by atoms with Crippen LogP contribution in [0.2, 0.25) is 0 Å². The Hall–Kier alpha value is -1.83. The van der Waals surface area contributed by atoms with Crippen LogP contribution < -0.4 is 11.1 Å². The average Bonchev–Trinajstić information content (AvgIpc) is 2.89. The first kappa shape index (κ1) is 13.6. The minimum absolute atomic E-state index is 0.0119. The predicted octanol–water partition coefficient (Wildman–Crippen LogP) is -0.697. The largest absolute Gasteiger partial charge is 0.394 e. The van der Waals surface area contributed by atoms with Crippen LogP contribution >= 0.6 is 0 Å². The normalized spacial score (nSPS) is 12.5. The molecule has 1 aromatic carbocycles. The Labute approximate surface area is 111 Å². The van der Waals surface area contributed by atoms with Crippen LogP contribution in [0.5, 0.6) is 0 Å². The van der Waals surface area contributed by atoms with Crippen molar-refractivity contribution >= 4 is 0 Å². The van der Waals surface area contributed by atoms with Gasteiger partial charge in [0, 0.05) is 13.1 Å². The Balaban J connectivity index is 2.21. The third kappa shape index (κ3) is 3.57. The van der Waals surface area contributed by atoms with Gasteiger partial charge in [0.1, 0.15) is 0 Å². The molecule has 0 aliphatic rings. The molecule has 0 fully saturated rings. The standard InChI is InChI=1S/C12H18N6O/c13-6-7-14-11(10-4-2-1-3-5-10)12-15-17-18(16-12)8-9-19/h1-5,11,14,19H,6-9,13H2. The Morgan fingerprint density at radius 2 is 2.11 bits per heavy atom. The molecule has 0 saturated carbocycles. The van der Waals surface area contributed by atoms with Crippen LogP contribution in [0.4, 0.5) is 0 Å². The molecular formula is C12H18N6O. The molecule has 7 heteroatoms. The fourth-order valence-electron chi connectivity index (χ4n) is 1.79. The first-order chi connectivity index (χ1) is 9.35. The molecule has 4 N–H and O–H groups in total. The highest BCUT2D eigenvalue weighted by atomic mass is 16.3. The van der Waals surface area contributed by atoms with Crippen molar-refractivity contribution in [3.63, 3.8) is 0 Å². The lowest BCUT2D eigenvalue weighted by atomic mass is 10.1. The molecule has 0 spiro atoms. The Morgan fingerprint density at radius 3 is 2.79 bits per heavy atom. The summed E-state index contributed by atoms with van der Waals surface area (Å²) in [7, 11) is 0. The lowest BCUT2D eigenvalue weighted by Gasteiger charge is -2.14. The van der Waals surface area contributed by atoms with Gasteiger partial charge in [-0.3, -0.25) is 0 Å². The van der Waals surface area contributed by atoms with Gasteiger partial charge in [-0.15, -0.1) is 10.2 Å². The summed E-state index contributed by atoms with van der Waals surface area (Å²) in [6.07, 6.45) is 0. The van der Waals surface area contributed by atoms with Crippen LogP contribution in [0, 0.1) is 0 Å². The molecule has 0 amide bonds. The maximum atomic E-state index is 8.87. The maximum Gasteiger partial charge on any atom is 0.196 e. The van der Waals surface area contributed by atoms with Crippen LogP contribution in [0.3, 0.4) is 0 Å². The summed E-state index contributed by atoms with van der Waals surface area (Å²) in [4.78, 5) is 1.38. The lowest BCUT2D eigenvalue weighted by Crippen LogP contribution is -2.29. The summed E-state index contributed by atoms with van der Waals surface area (Å²) >= 11 is 0. The van der Waals surface area contributed by atoms with Gasteiger partial charge < -0.3 is 16.2 Å². The van der Waals surface area contributed by atoms with Gasteiger partial charge in [-0.05, 0) is 10.8 Å². The summed E-state index contributed by atoms with van der Waals surface area (Å²) < 4.78 is 0. The minimum atomic E-state index is -0.141. The number of nitrogens with zero attached hydrogens (tertiary/aromatic N) is 4. The summed E-state index contributed by atoms with van der Waals surface area (Å²) in [5.74, 6) is 0.577. The van der Waals surface area contributed by atoms with Gasteiger partial charge in [-0.2, -0.15) is 4.80 Å². The molecular weight excluding hydrogens is 244 g/mol. The van der Waals surface area contributed by atoms with Gasteiger partial charge in [-0.1, -0.05) is 30.3 Å². The summed E-state index contributed by atoms with van der Waals surface area (Å²) in [6.45, 7) is 1.52. The number of aromatic nitrogens is 4. The van der Waals surface area contributed by atoms with E-state index in [1.165, 1.54) is 4.80 Å². The highest BCUT2D eigenvalue weighted by molar-refractivity contribution is 5.23. The monoisotopic (exact) mass is 262 g/mol. The fourth-order valence-corrected chi connectivity index (χ4v) is 1.79. The Morgan fingerprint density at radius 1 is 1.32 bits per heavy atom. The van der Waals surface area contributed by atoms with E-state index in [0.717, 1.165) is 5.56 Å². The Kier molecular flexibility index (Phi) is 4.96. The smallest absolute Gasteiger partial charge is 0.196 e. The number of hydrogen-bond acceptors (Lipinski definition) is 6. The van der Waals surface area contributed by atoms with E-state index in [1.807, 2.05) is 30.3 Å². The van der Waals surface area contributed by atoms with Crippen molar-refractivity contribution in [2.75, 3.05) is 19.7 Å². The van der Waals surface area contributed by atoms with Crippen LogP contribution in [0.15, 0.2) is 30.3 Å². The van der Waals surface area contributed by atoms with Gasteiger partial charge in [0.2, 0.25) is 0 Å². The van der Waals surface area contributed by atoms with E-state index < -0.39 is 0 Å². The van der Waals surface area contributed by atoms with E-state index >= 15 is 0 Å². The molecule has 0 saturated heterocycles. The molecule has 102 valence electrons. The molecule has 1 heterocycles. The lowest BCUT2D eigenvalue weighted by molar-refractivity contribution is 0.259. The van der Waals surface area contributed by atoms with Crippen molar-refractivity contribution in [2.24, 2.45) is 5.73 Å². The zero-order chi connectivity index (χ0) is 13.5. The van der Waals surface area contributed by atoms with Crippen molar-refractivity contribution in [1.82, 2.24) is 25.5 Å². The van der Waals surface area contributed by atoms with Crippen LogP contribution in [0.25, 0.3) is 0 Å². The Bertz CT molecular complexity index is 486. The number of aliphatic hydroxyl groups is 1. The molecule has 0 radical (unpaired) electrons. The van der Waals surface area contributed by atoms with Crippen molar-refractivity contribution in [1.29, 1.82) is 0 Å². The molecule has 1 atom stereocenters. The molecule has 2 rings (SSSR count). The van der Waals surface area contributed by atoms with E-state index in [-0.39, 0.29) is 12.6 Å². The van der Waals surface area contributed by atoms with Crippen LogP contribution in [-0.4, -0.2) is 45.0 Å². The fraction of sp³-hybridized carbons (Fsp3) is 0.417. The SMILES string of the molecule is NCCNC(c1ccccc1)c1nnn(CCO)n1. The number of nitrogens with two attached hydrogens (primary N) is 1. The maximum absolute atomic E-state index is 8.87. The highest BCUT2D eigenvalue weighted by Gasteiger charge is 2.18. The number of aliphatic hydroxyl groups excluding tert-OH is 1. The molecule has 1 unspecified atom stereocenters. The molecule has 1 aromatic heterocycles. The number of rotatable bonds is 7. The highest BCUT2D eigenvalue weighted by Crippen LogP contribution is 2.17. The van der Waals surface area contributed by atoms with Crippen LogP contribution in [-0.2, 0) is 6.54 Å². The number of tetrazole rings is 1. The number of benzene rings is 1. The van der Waals surface area contributed by atoms with Crippen molar-refractivity contribution in [2.45, 2.75) is 12.6 Å². The topological polar surface area (TPSA) is 102 Å². The molecule has 0 aliphatic heterocycles. The van der Waals surface area contributed by atoms with Crippen LogP contribution in [0.1, 0.15) is 17.4 Å². The summed E-state index contributed by atoms with van der Waals surface area (Å²) in [6, 6.07) is 9.74. The van der Waals surface area contributed by atoms with E-state index in [2.05, 4.69) is 20.7 Å². The molecule has 0 aliphatic carbocycles. The molecule has 7 nitrogen and oxygen atoms in total. The zero-order valence-corrected chi connectivity index (χ0v) is 10.6. The molecule has 2 aromatic rings. The average molecular weight is 262 g/mol. The molecule has 0 bridgehead atoms. The minimum Gasteiger partial charge on any atom is -0.394 e. The van der Waals surface area contributed by atoms with Crippen molar-refractivity contribution < 1.29 is 5.11 Å². The zero-order valence-electron chi connectivity index (χ0n) is 10.6. The first-order valence-electron chi connectivity index (χ1n) is 6.22. The van der Waals surface area contributed by atoms with E-state index in [0.29, 0.717) is 25.5 Å². The van der Waals surface area contributed by atoms with Gasteiger partial charge >= 0.3 is 0 Å². The van der Waals surface area contributed by atoms with Gasteiger partial charge in [0.25, 0.3) is 0 Å². The second-order valence-electron chi connectivity index (χ2n) is 4.05. The second-order valence-corrected chi connectivity index (χ2v) is 4.05. The first-order valence-corrected chi connectivity index (χ1v) is 6.22. The van der Waals surface area contributed by atoms with Crippen molar-refractivity contribution in [3.05, 3.63) is 41.7 Å². The van der Waals surface area contributed by atoms with Gasteiger partial charge in [0.15, 0.2) is 5.82 Å². The third-order valence-electron chi connectivity index (χ3n) is 2.65. The predicted molar refractivity (Wildman–Crippen MR) is 70.2 cm³/mol. The summed E-state index contributed by atoms with van der Waals surface area (Å²) in [5.41, 5.74) is 6.58.